The Morgan fingerprint density at radius 2 is 0.766 bits per heavy atom. The summed E-state index contributed by atoms with van der Waals surface area (Å²) in [6.45, 7) is 0.985. The summed E-state index contributed by atoms with van der Waals surface area (Å²) in [5.41, 5.74) is 3.69. The molecule has 8 aromatic rings. The topological polar surface area (TPSA) is 162 Å². The summed E-state index contributed by atoms with van der Waals surface area (Å²) in [6.07, 6.45) is -10.6. The van der Waals surface area contributed by atoms with Crippen LogP contribution in [0.25, 0.3) is 0 Å². The van der Waals surface area contributed by atoms with Crippen LogP contribution in [-0.2, 0) is 38.0 Å². The fourth-order valence-electron chi connectivity index (χ4n) is 8.69. The number of aliphatic imine (C=N–C) groups is 1. The van der Waals surface area contributed by atoms with Crippen LogP contribution in [0.1, 0.15) is 76.7 Å². The zero-order chi connectivity index (χ0) is 53.3. The molecule has 0 saturated carbocycles. The van der Waals surface area contributed by atoms with Gasteiger partial charge in [-0.2, -0.15) is 0 Å². The Balaban J connectivity index is 1.17. The molecular formula is C64H53NO12. The molecule has 0 bridgehead atoms. The minimum absolute atomic E-state index is 0.107. The summed E-state index contributed by atoms with van der Waals surface area (Å²) in [5.74, 6) is -4.19. The molecule has 0 N–H and O–H groups in total. The fraction of sp³-hybridized carbons (Fsp3) is 0.156. The summed E-state index contributed by atoms with van der Waals surface area (Å²) in [6, 6.07) is 68.0. The van der Waals surface area contributed by atoms with E-state index in [1.165, 1.54) is 36.4 Å². The van der Waals surface area contributed by atoms with E-state index in [0.717, 1.165) is 0 Å². The van der Waals surface area contributed by atoms with Gasteiger partial charge in [-0.1, -0.05) is 194 Å². The van der Waals surface area contributed by atoms with Crippen LogP contribution < -0.4 is 0 Å². The standard InChI is InChI=1S/C64H53NO12/c1-43(53(65-54(44-26-10-2-11-27-44)45-28-12-3-13-29-45)63(70)74-55(46-30-14-4-15-31-46)47-32-16-5-17-33-47)72-64-58(77-62(69)51-40-24-9-25-41-51)57(76-61(68)50-38-22-8-23-39-50)56(75-60(67)49-36-20-7-21-37-49)52(73-64)42-71-59(66)48-34-18-6-19-35-48/h2-41,43,52-53,55-58,64H,42H2,1H3/t43-,52-,53+,56-,57+,58-,64-/m1/s1. The number of esters is 5. The van der Waals surface area contributed by atoms with Crippen molar-refractivity contribution in [2.45, 2.75) is 55.9 Å². The van der Waals surface area contributed by atoms with Gasteiger partial charge in [0.2, 0.25) is 0 Å². The summed E-state index contributed by atoms with van der Waals surface area (Å²) in [5, 5.41) is 0. The second-order valence-electron chi connectivity index (χ2n) is 17.8. The van der Waals surface area contributed by atoms with Crippen molar-refractivity contribution < 1.29 is 57.1 Å². The first-order valence-electron chi connectivity index (χ1n) is 25.0. The van der Waals surface area contributed by atoms with Crippen LogP contribution in [0.4, 0.5) is 0 Å². The molecule has 386 valence electrons. The Kier molecular flexibility index (Phi) is 17.6. The molecule has 0 radical (unpaired) electrons. The van der Waals surface area contributed by atoms with Gasteiger partial charge in [0, 0.05) is 11.1 Å². The Labute approximate surface area is 445 Å². The fourth-order valence-corrected chi connectivity index (χ4v) is 8.69. The highest BCUT2D eigenvalue weighted by molar-refractivity contribution is 6.13. The summed E-state index contributed by atoms with van der Waals surface area (Å²) < 4.78 is 44.9. The SMILES string of the molecule is C[C@@H](O[C@@H]1O[C@H](COC(=O)c2ccccc2)[C@@H](OC(=O)c2ccccc2)[C@H](OC(=O)c2ccccc2)[C@H]1OC(=O)c1ccccc1)[C@H](N=C(c1ccccc1)c1ccccc1)C(=O)OC(c1ccccc1)c1ccccc1. The molecule has 7 atom stereocenters. The first-order valence-corrected chi connectivity index (χ1v) is 25.0. The van der Waals surface area contributed by atoms with Crippen molar-refractivity contribution in [1.82, 2.24) is 0 Å². The number of hydrogen-bond acceptors (Lipinski definition) is 13. The molecule has 0 spiro atoms. The molecule has 0 amide bonds. The van der Waals surface area contributed by atoms with Crippen molar-refractivity contribution in [3.05, 3.63) is 287 Å². The van der Waals surface area contributed by atoms with E-state index in [4.69, 9.17) is 38.2 Å². The van der Waals surface area contributed by atoms with E-state index < -0.39 is 85.4 Å². The van der Waals surface area contributed by atoms with Crippen molar-refractivity contribution in [2.75, 3.05) is 6.61 Å². The number of rotatable bonds is 19. The smallest absolute Gasteiger partial charge is 0.338 e. The first-order chi connectivity index (χ1) is 37.7. The first kappa shape index (κ1) is 52.6. The maximum absolute atomic E-state index is 15.4. The average Bonchev–Trinajstić information content (AvgIpc) is 3.50. The highest BCUT2D eigenvalue weighted by atomic mass is 16.7. The van der Waals surface area contributed by atoms with Gasteiger partial charge in [-0.25, -0.2) is 24.0 Å². The van der Waals surface area contributed by atoms with E-state index in [0.29, 0.717) is 28.0 Å². The van der Waals surface area contributed by atoms with Crippen LogP contribution in [0, 0.1) is 0 Å². The van der Waals surface area contributed by atoms with Crippen LogP contribution in [0.3, 0.4) is 0 Å². The van der Waals surface area contributed by atoms with Crippen molar-refractivity contribution in [3.63, 3.8) is 0 Å². The quantitative estimate of drug-likeness (QED) is 0.0429. The normalized spacial score (nSPS) is 17.6. The summed E-state index contributed by atoms with van der Waals surface area (Å²) in [4.78, 5) is 77.2. The molecule has 0 unspecified atom stereocenters. The summed E-state index contributed by atoms with van der Waals surface area (Å²) >= 11 is 0. The Bertz CT molecular complexity index is 3140. The molecule has 1 aliphatic heterocycles. The lowest BCUT2D eigenvalue weighted by molar-refractivity contribution is -0.308. The van der Waals surface area contributed by atoms with Gasteiger partial charge in [0.05, 0.1) is 34.1 Å². The Morgan fingerprint density at radius 1 is 0.429 bits per heavy atom. The van der Waals surface area contributed by atoms with Gasteiger partial charge in [0.1, 0.15) is 12.7 Å². The van der Waals surface area contributed by atoms with E-state index in [9.17, 15) is 19.2 Å². The molecule has 0 aliphatic carbocycles. The molecule has 1 saturated heterocycles. The zero-order valence-electron chi connectivity index (χ0n) is 41.8. The van der Waals surface area contributed by atoms with Crippen LogP contribution in [0.15, 0.2) is 248 Å². The summed E-state index contributed by atoms with van der Waals surface area (Å²) in [7, 11) is 0. The Morgan fingerprint density at radius 3 is 1.17 bits per heavy atom. The van der Waals surface area contributed by atoms with E-state index in [1.54, 1.807) is 91.9 Å². The molecule has 13 heteroatoms. The zero-order valence-corrected chi connectivity index (χ0v) is 41.8. The van der Waals surface area contributed by atoms with Crippen LogP contribution in [0.2, 0.25) is 0 Å². The lowest BCUT2D eigenvalue weighted by Gasteiger charge is -2.45. The van der Waals surface area contributed by atoms with Gasteiger partial charge in [0.25, 0.3) is 0 Å². The van der Waals surface area contributed by atoms with Crippen molar-refractivity contribution >= 4 is 35.6 Å². The molecule has 13 nitrogen and oxygen atoms in total. The largest absolute Gasteiger partial charge is 0.459 e. The van der Waals surface area contributed by atoms with E-state index in [2.05, 4.69) is 0 Å². The number of ether oxygens (including phenoxy) is 7. The molecule has 9 rings (SSSR count). The van der Waals surface area contributed by atoms with Crippen LogP contribution >= 0.6 is 0 Å². The predicted molar refractivity (Wildman–Crippen MR) is 286 cm³/mol. The molecule has 1 fully saturated rings. The van der Waals surface area contributed by atoms with Crippen molar-refractivity contribution in [3.8, 4) is 0 Å². The highest BCUT2D eigenvalue weighted by Gasteiger charge is 2.54. The van der Waals surface area contributed by atoms with E-state index >= 15 is 4.79 Å². The van der Waals surface area contributed by atoms with Crippen molar-refractivity contribution in [1.29, 1.82) is 0 Å². The monoisotopic (exact) mass is 1030 g/mol. The van der Waals surface area contributed by atoms with Gasteiger partial charge in [0.15, 0.2) is 36.7 Å². The maximum Gasteiger partial charge on any atom is 0.338 e. The third kappa shape index (κ3) is 13.5. The second kappa shape index (κ2) is 25.8. The molecule has 8 aromatic carbocycles. The van der Waals surface area contributed by atoms with Crippen LogP contribution in [0.5, 0.6) is 0 Å². The molecule has 1 heterocycles. The number of hydrogen-bond donors (Lipinski definition) is 0. The number of carbonyl (C=O) groups is 5. The lowest BCUT2D eigenvalue weighted by atomic mass is 9.97. The minimum atomic E-state index is -1.76. The average molecular weight is 1030 g/mol. The maximum atomic E-state index is 15.4. The van der Waals surface area contributed by atoms with Gasteiger partial charge < -0.3 is 33.2 Å². The third-order valence-corrected chi connectivity index (χ3v) is 12.6. The minimum Gasteiger partial charge on any atom is -0.459 e. The highest BCUT2D eigenvalue weighted by Crippen LogP contribution is 2.34. The van der Waals surface area contributed by atoms with Crippen molar-refractivity contribution in [2.24, 2.45) is 4.99 Å². The van der Waals surface area contributed by atoms with Gasteiger partial charge in [-0.05, 0) is 66.6 Å². The molecule has 0 aromatic heterocycles. The molecule has 77 heavy (non-hydrogen) atoms. The van der Waals surface area contributed by atoms with Gasteiger partial charge in [-0.15, -0.1) is 0 Å². The Hall–Kier alpha value is -9.30. The predicted octanol–water partition coefficient (Wildman–Crippen LogP) is 10.9. The van der Waals surface area contributed by atoms with Gasteiger partial charge in [-0.3, -0.25) is 4.99 Å². The molecule has 1 aliphatic rings. The van der Waals surface area contributed by atoms with Gasteiger partial charge >= 0.3 is 29.8 Å². The van der Waals surface area contributed by atoms with E-state index in [-0.39, 0.29) is 22.3 Å². The number of carbonyl (C=O) groups excluding carboxylic acids is 5. The second-order valence-corrected chi connectivity index (χ2v) is 17.8. The van der Waals surface area contributed by atoms with E-state index in [1.807, 2.05) is 121 Å². The third-order valence-electron chi connectivity index (χ3n) is 12.6. The molecular weight excluding hydrogens is 975 g/mol. The number of benzene rings is 8. The van der Waals surface area contributed by atoms with Crippen LogP contribution in [-0.4, -0.2) is 85.0 Å². The lowest BCUT2D eigenvalue weighted by Crippen LogP contribution is -2.63. The number of nitrogens with zero attached hydrogens (tertiary/aromatic N) is 1.